The molecule has 1 aliphatic heterocycles. The van der Waals surface area contributed by atoms with Crippen LogP contribution in [0.3, 0.4) is 0 Å². The van der Waals surface area contributed by atoms with Crippen molar-refractivity contribution in [3.63, 3.8) is 0 Å². The molecule has 80 valence electrons. The van der Waals surface area contributed by atoms with Crippen LogP contribution in [0.5, 0.6) is 0 Å². The second-order valence-electron chi connectivity index (χ2n) is 3.24. The van der Waals surface area contributed by atoms with Gasteiger partial charge in [0, 0.05) is 17.2 Å². The van der Waals surface area contributed by atoms with Crippen LogP contribution in [0.4, 0.5) is 4.79 Å². The van der Waals surface area contributed by atoms with Gasteiger partial charge in [-0.3, -0.25) is 4.79 Å². The summed E-state index contributed by atoms with van der Waals surface area (Å²) >= 11 is 0. The minimum atomic E-state index is -0.406. The predicted molar refractivity (Wildman–Crippen MR) is 56.8 cm³/mol. The predicted octanol–water partition coefficient (Wildman–Crippen LogP) is 1.26. The van der Waals surface area contributed by atoms with E-state index in [0.29, 0.717) is 18.7 Å². The summed E-state index contributed by atoms with van der Waals surface area (Å²) in [6.45, 7) is 0.885. The highest BCUT2D eigenvalue weighted by molar-refractivity contribution is 5.75. The van der Waals surface area contributed by atoms with E-state index in [1.165, 1.54) is 4.90 Å². The van der Waals surface area contributed by atoms with Crippen molar-refractivity contribution < 1.29 is 14.3 Å². The summed E-state index contributed by atoms with van der Waals surface area (Å²) in [6.07, 6.45) is 0.367. The van der Waals surface area contributed by atoms with Crippen molar-refractivity contribution >= 4 is 12.4 Å². The van der Waals surface area contributed by atoms with Gasteiger partial charge in [-0.1, -0.05) is 12.1 Å². The van der Waals surface area contributed by atoms with E-state index in [0.717, 1.165) is 11.8 Å². The van der Waals surface area contributed by atoms with E-state index in [1.807, 2.05) is 0 Å². The Bertz CT molecular complexity index is 467. The lowest BCUT2D eigenvalue weighted by Gasteiger charge is -1.99. The third-order valence-electron chi connectivity index (χ3n) is 2.14. The van der Waals surface area contributed by atoms with Crippen molar-refractivity contribution in [2.24, 2.45) is 0 Å². The average Bonchev–Trinajstić information content (AvgIpc) is 2.73. The van der Waals surface area contributed by atoms with Crippen molar-refractivity contribution in [3.05, 3.63) is 35.4 Å². The van der Waals surface area contributed by atoms with Crippen LogP contribution in [0.2, 0.25) is 0 Å². The molecule has 1 amide bonds. The molecular formula is C12H9NO3. The van der Waals surface area contributed by atoms with Gasteiger partial charge >= 0.3 is 6.09 Å². The number of ether oxygens (including phenoxy) is 1. The highest BCUT2D eigenvalue weighted by Crippen LogP contribution is 2.03. The number of hydrogen-bond donors (Lipinski definition) is 0. The Morgan fingerprint density at radius 2 is 2.06 bits per heavy atom. The summed E-state index contributed by atoms with van der Waals surface area (Å²) < 4.78 is 4.73. The monoisotopic (exact) mass is 215 g/mol. The van der Waals surface area contributed by atoms with E-state index in [2.05, 4.69) is 12.0 Å². The van der Waals surface area contributed by atoms with E-state index in [4.69, 9.17) is 4.74 Å². The molecule has 2 rings (SSSR count). The number of carbonyl (C=O) groups is 2. The number of aldehydes is 1. The first kappa shape index (κ1) is 10.2. The van der Waals surface area contributed by atoms with E-state index >= 15 is 0 Å². The topological polar surface area (TPSA) is 46.6 Å². The van der Waals surface area contributed by atoms with Crippen LogP contribution in [0.25, 0.3) is 0 Å². The van der Waals surface area contributed by atoms with Gasteiger partial charge in [0.2, 0.25) is 0 Å². The number of amides is 1. The fourth-order valence-corrected chi connectivity index (χ4v) is 1.27. The quantitative estimate of drug-likeness (QED) is 0.523. The SMILES string of the molecule is O=Cc1ccc(C#CN2CCOC2=O)cc1. The lowest BCUT2D eigenvalue weighted by molar-refractivity contribution is 0.112. The Hall–Kier alpha value is -2.28. The van der Waals surface area contributed by atoms with Gasteiger partial charge in [0.15, 0.2) is 0 Å². The molecule has 0 radical (unpaired) electrons. The van der Waals surface area contributed by atoms with Gasteiger partial charge in [-0.15, -0.1) is 0 Å². The summed E-state index contributed by atoms with van der Waals surface area (Å²) in [4.78, 5) is 22.8. The molecule has 1 fully saturated rings. The third-order valence-corrected chi connectivity index (χ3v) is 2.14. The summed E-state index contributed by atoms with van der Waals surface area (Å²) in [6, 6.07) is 9.53. The molecule has 0 aliphatic carbocycles. The van der Waals surface area contributed by atoms with Gasteiger partial charge in [-0.05, 0) is 18.1 Å². The zero-order valence-corrected chi connectivity index (χ0v) is 8.47. The number of rotatable bonds is 1. The lowest BCUT2D eigenvalue weighted by atomic mass is 10.1. The van der Waals surface area contributed by atoms with Gasteiger partial charge in [0.25, 0.3) is 0 Å². The number of hydrogen-bond acceptors (Lipinski definition) is 3. The molecule has 1 saturated heterocycles. The molecule has 0 spiro atoms. The van der Waals surface area contributed by atoms with Crippen molar-refractivity contribution in [2.45, 2.75) is 0 Å². The molecule has 4 heteroatoms. The van der Waals surface area contributed by atoms with Gasteiger partial charge < -0.3 is 4.74 Å². The van der Waals surface area contributed by atoms with Crippen LogP contribution in [0, 0.1) is 12.0 Å². The molecule has 1 aromatic rings. The number of carbonyl (C=O) groups excluding carboxylic acids is 2. The summed E-state index contributed by atoms with van der Waals surface area (Å²) in [5.41, 5.74) is 1.36. The fourth-order valence-electron chi connectivity index (χ4n) is 1.27. The van der Waals surface area contributed by atoms with Gasteiger partial charge in [0.05, 0.1) is 6.54 Å². The zero-order chi connectivity index (χ0) is 11.4. The number of benzene rings is 1. The standard InChI is InChI=1S/C12H9NO3/c14-9-11-3-1-10(2-4-11)5-6-13-7-8-16-12(13)15/h1-4,9H,7-8H2. The highest BCUT2D eigenvalue weighted by atomic mass is 16.6. The van der Waals surface area contributed by atoms with Crippen LogP contribution >= 0.6 is 0 Å². The van der Waals surface area contributed by atoms with Crippen molar-refractivity contribution in [2.75, 3.05) is 13.2 Å². The van der Waals surface area contributed by atoms with Crippen molar-refractivity contribution in [1.29, 1.82) is 0 Å². The highest BCUT2D eigenvalue weighted by Gasteiger charge is 2.19. The molecular weight excluding hydrogens is 206 g/mol. The van der Waals surface area contributed by atoms with E-state index in [1.54, 1.807) is 24.3 Å². The molecule has 4 nitrogen and oxygen atoms in total. The second kappa shape index (κ2) is 4.49. The zero-order valence-electron chi connectivity index (χ0n) is 8.47. The molecule has 0 N–H and O–H groups in total. The second-order valence-corrected chi connectivity index (χ2v) is 3.24. The Morgan fingerprint density at radius 3 is 2.62 bits per heavy atom. The van der Waals surface area contributed by atoms with Crippen molar-refractivity contribution in [1.82, 2.24) is 4.90 Å². The van der Waals surface area contributed by atoms with E-state index in [-0.39, 0.29) is 0 Å². The summed E-state index contributed by atoms with van der Waals surface area (Å²) in [5, 5.41) is 0. The molecule has 1 aromatic carbocycles. The maximum Gasteiger partial charge on any atom is 0.421 e. The Morgan fingerprint density at radius 1 is 1.31 bits per heavy atom. The minimum absolute atomic E-state index is 0.387. The lowest BCUT2D eigenvalue weighted by Crippen LogP contribution is -2.17. The van der Waals surface area contributed by atoms with Gasteiger partial charge in [0.1, 0.15) is 12.9 Å². The molecule has 16 heavy (non-hydrogen) atoms. The molecule has 1 heterocycles. The van der Waals surface area contributed by atoms with Crippen LogP contribution in [0.15, 0.2) is 24.3 Å². The first-order chi connectivity index (χ1) is 7.79. The maximum atomic E-state index is 11.1. The van der Waals surface area contributed by atoms with E-state index < -0.39 is 6.09 Å². The summed E-state index contributed by atoms with van der Waals surface area (Å²) in [5.74, 6) is 2.83. The van der Waals surface area contributed by atoms with Crippen molar-refractivity contribution in [3.8, 4) is 12.0 Å². The van der Waals surface area contributed by atoms with Gasteiger partial charge in [-0.2, -0.15) is 0 Å². The first-order valence-electron chi connectivity index (χ1n) is 4.81. The maximum absolute atomic E-state index is 11.1. The fraction of sp³-hybridized carbons (Fsp3) is 0.167. The van der Waals surface area contributed by atoms with Gasteiger partial charge in [-0.25, -0.2) is 9.69 Å². The Labute approximate surface area is 92.8 Å². The Kier molecular flexibility index (Phi) is 2.88. The average molecular weight is 215 g/mol. The normalized spacial score (nSPS) is 14.0. The van der Waals surface area contributed by atoms with E-state index in [9.17, 15) is 9.59 Å². The first-order valence-corrected chi connectivity index (χ1v) is 4.81. The minimum Gasteiger partial charge on any atom is -0.447 e. The number of nitrogens with zero attached hydrogens (tertiary/aromatic N) is 1. The third kappa shape index (κ3) is 2.20. The molecule has 1 aliphatic rings. The largest absolute Gasteiger partial charge is 0.447 e. The summed E-state index contributed by atoms with van der Waals surface area (Å²) in [7, 11) is 0. The van der Waals surface area contributed by atoms with Crippen LogP contribution < -0.4 is 0 Å². The smallest absolute Gasteiger partial charge is 0.421 e. The number of cyclic esters (lactones) is 1. The molecule has 0 aromatic heterocycles. The Balaban J connectivity index is 2.11. The molecule has 0 saturated carbocycles. The molecule has 0 bridgehead atoms. The van der Waals surface area contributed by atoms with Crippen LogP contribution in [-0.4, -0.2) is 30.4 Å². The molecule has 0 unspecified atom stereocenters. The van der Waals surface area contributed by atoms with Crippen LogP contribution in [0.1, 0.15) is 15.9 Å². The van der Waals surface area contributed by atoms with Crippen LogP contribution in [-0.2, 0) is 4.74 Å². The molecule has 0 atom stereocenters.